The van der Waals surface area contributed by atoms with E-state index in [0.29, 0.717) is 24.4 Å². The maximum atomic E-state index is 12.9. The maximum Gasteiger partial charge on any atom is 0.243 e. The van der Waals surface area contributed by atoms with Gasteiger partial charge in [0.05, 0.1) is 4.90 Å². The molecule has 1 aromatic heterocycles. The van der Waals surface area contributed by atoms with Crippen LogP contribution in [0, 0.1) is 13.8 Å². The number of H-pyrrole nitrogens is 1. The van der Waals surface area contributed by atoms with Crippen molar-refractivity contribution in [3.05, 3.63) is 64.8 Å². The van der Waals surface area contributed by atoms with Gasteiger partial charge in [0, 0.05) is 36.1 Å². The van der Waals surface area contributed by atoms with Gasteiger partial charge in [0.2, 0.25) is 10.0 Å². The van der Waals surface area contributed by atoms with Gasteiger partial charge in [-0.15, -0.1) is 0 Å². The zero-order chi connectivity index (χ0) is 16.9. The van der Waals surface area contributed by atoms with Crippen LogP contribution in [-0.4, -0.2) is 24.3 Å². The molecule has 0 atom stereocenters. The molecule has 1 aliphatic rings. The lowest BCUT2D eigenvalue weighted by atomic mass is 10.1. The molecule has 1 aliphatic heterocycles. The molecule has 5 heteroatoms. The van der Waals surface area contributed by atoms with E-state index >= 15 is 0 Å². The lowest BCUT2D eigenvalue weighted by Gasteiger charge is -2.26. The monoisotopic (exact) mass is 340 g/mol. The first-order chi connectivity index (χ1) is 11.4. The molecule has 3 aromatic rings. The van der Waals surface area contributed by atoms with E-state index in [4.69, 9.17) is 0 Å². The van der Waals surface area contributed by atoms with Gasteiger partial charge in [-0.3, -0.25) is 0 Å². The van der Waals surface area contributed by atoms with Crippen molar-refractivity contribution in [1.29, 1.82) is 0 Å². The fraction of sp³-hybridized carbons (Fsp3) is 0.263. The summed E-state index contributed by atoms with van der Waals surface area (Å²) in [5.41, 5.74) is 5.61. The number of aryl methyl sites for hydroxylation is 2. The molecule has 2 heterocycles. The SMILES string of the molecule is Cc1ccc(S(=O)(=O)N2CCc3[nH]c4cc(C)ccc4c3C2)cc1. The molecule has 1 N–H and O–H groups in total. The third-order valence-electron chi connectivity index (χ3n) is 4.75. The van der Waals surface area contributed by atoms with Crippen molar-refractivity contribution in [2.24, 2.45) is 0 Å². The van der Waals surface area contributed by atoms with E-state index in [9.17, 15) is 8.42 Å². The number of benzene rings is 2. The van der Waals surface area contributed by atoms with E-state index < -0.39 is 10.0 Å². The number of aromatic nitrogens is 1. The molecule has 124 valence electrons. The Labute approximate surface area is 142 Å². The summed E-state index contributed by atoms with van der Waals surface area (Å²) >= 11 is 0. The van der Waals surface area contributed by atoms with Gasteiger partial charge >= 0.3 is 0 Å². The molecular formula is C19H20N2O2S. The van der Waals surface area contributed by atoms with Gasteiger partial charge in [0.1, 0.15) is 0 Å². The third-order valence-corrected chi connectivity index (χ3v) is 6.61. The molecule has 0 saturated carbocycles. The summed E-state index contributed by atoms with van der Waals surface area (Å²) in [4.78, 5) is 3.82. The summed E-state index contributed by atoms with van der Waals surface area (Å²) in [6.45, 7) is 4.95. The highest BCUT2D eigenvalue weighted by atomic mass is 32.2. The molecule has 24 heavy (non-hydrogen) atoms. The Morgan fingerprint density at radius 2 is 1.71 bits per heavy atom. The normalized spacial score (nSPS) is 15.6. The topological polar surface area (TPSA) is 53.2 Å². The Bertz CT molecular complexity index is 1020. The molecule has 0 radical (unpaired) electrons. The summed E-state index contributed by atoms with van der Waals surface area (Å²) < 4.78 is 27.5. The molecular weight excluding hydrogens is 320 g/mol. The zero-order valence-corrected chi connectivity index (χ0v) is 14.7. The first kappa shape index (κ1) is 15.4. The standard InChI is InChI=1S/C19H20N2O2S/c1-13-3-6-15(7-4-13)24(22,23)21-10-9-18-17(12-21)16-8-5-14(2)11-19(16)20-18/h3-8,11,20H,9-10,12H2,1-2H3. The predicted octanol–water partition coefficient (Wildman–Crippen LogP) is 3.53. The van der Waals surface area contributed by atoms with Crippen LogP contribution in [0.5, 0.6) is 0 Å². The molecule has 0 bridgehead atoms. The average molecular weight is 340 g/mol. The van der Waals surface area contributed by atoms with E-state index in [-0.39, 0.29) is 0 Å². The van der Waals surface area contributed by atoms with Crippen LogP contribution in [0.2, 0.25) is 0 Å². The Morgan fingerprint density at radius 3 is 2.46 bits per heavy atom. The van der Waals surface area contributed by atoms with Crippen molar-refractivity contribution in [3.8, 4) is 0 Å². The van der Waals surface area contributed by atoms with Crippen molar-refractivity contribution < 1.29 is 8.42 Å². The minimum absolute atomic E-state index is 0.368. The van der Waals surface area contributed by atoms with Crippen LogP contribution in [0.1, 0.15) is 22.4 Å². The van der Waals surface area contributed by atoms with Gasteiger partial charge in [0.15, 0.2) is 0 Å². The largest absolute Gasteiger partial charge is 0.358 e. The number of hydrogen-bond donors (Lipinski definition) is 1. The number of fused-ring (bicyclic) bond motifs is 3. The van der Waals surface area contributed by atoms with Crippen LogP contribution < -0.4 is 0 Å². The quantitative estimate of drug-likeness (QED) is 0.776. The number of nitrogens with zero attached hydrogens (tertiary/aromatic N) is 1. The van der Waals surface area contributed by atoms with Gasteiger partial charge in [-0.05, 0) is 43.2 Å². The number of nitrogens with one attached hydrogen (secondary N) is 1. The highest BCUT2D eigenvalue weighted by molar-refractivity contribution is 7.89. The van der Waals surface area contributed by atoms with Gasteiger partial charge in [0.25, 0.3) is 0 Å². The number of aromatic amines is 1. The fourth-order valence-electron chi connectivity index (χ4n) is 3.38. The molecule has 0 amide bonds. The highest BCUT2D eigenvalue weighted by Gasteiger charge is 2.30. The van der Waals surface area contributed by atoms with Crippen LogP contribution in [0.25, 0.3) is 10.9 Å². The molecule has 0 unspecified atom stereocenters. The molecule has 0 saturated heterocycles. The maximum absolute atomic E-state index is 12.9. The predicted molar refractivity (Wildman–Crippen MR) is 95.5 cm³/mol. The molecule has 0 aliphatic carbocycles. The summed E-state index contributed by atoms with van der Waals surface area (Å²) in [6, 6.07) is 13.4. The number of rotatable bonds is 2. The van der Waals surface area contributed by atoms with Crippen molar-refractivity contribution in [2.75, 3.05) is 6.54 Å². The van der Waals surface area contributed by atoms with Gasteiger partial charge in [-0.1, -0.05) is 29.8 Å². The van der Waals surface area contributed by atoms with E-state index in [0.717, 1.165) is 27.7 Å². The second-order valence-corrected chi connectivity index (χ2v) is 8.47. The van der Waals surface area contributed by atoms with Crippen LogP contribution in [0.3, 0.4) is 0 Å². The minimum Gasteiger partial charge on any atom is -0.358 e. The fourth-order valence-corrected chi connectivity index (χ4v) is 4.78. The van der Waals surface area contributed by atoms with E-state index in [1.165, 1.54) is 5.56 Å². The Morgan fingerprint density at radius 1 is 1.00 bits per heavy atom. The Hall–Kier alpha value is -2.11. The van der Waals surface area contributed by atoms with Gasteiger partial charge < -0.3 is 4.98 Å². The Balaban J connectivity index is 1.73. The van der Waals surface area contributed by atoms with Crippen molar-refractivity contribution in [2.45, 2.75) is 31.7 Å². The second kappa shape index (κ2) is 5.46. The Kier molecular flexibility index (Phi) is 3.51. The van der Waals surface area contributed by atoms with Gasteiger partial charge in [-0.2, -0.15) is 4.31 Å². The lowest BCUT2D eigenvalue weighted by Crippen LogP contribution is -2.35. The average Bonchev–Trinajstić information content (AvgIpc) is 2.91. The van der Waals surface area contributed by atoms with Crippen LogP contribution in [0.4, 0.5) is 0 Å². The van der Waals surface area contributed by atoms with E-state index in [1.54, 1.807) is 16.4 Å². The smallest absolute Gasteiger partial charge is 0.243 e. The number of hydrogen-bond acceptors (Lipinski definition) is 2. The molecule has 4 nitrogen and oxygen atoms in total. The second-order valence-electron chi connectivity index (χ2n) is 6.53. The first-order valence-electron chi connectivity index (χ1n) is 8.12. The first-order valence-corrected chi connectivity index (χ1v) is 9.56. The van der Waals surface area contributed by atoms with Crippen molar-refractivity contribution in [1.82, 2.24) is 9.29 Å². The third kappa shape index (κ3) is 2.44. The lowest BCUT2D eigenvalue weighted by molar-refractivity contribution is 0.391. The summed E-state index contributed by atoms with van der Waals surface area (Å²) in [6.07, 6.45) is 0.716. The van der Waals surface area contributed by atoms with Crippen LogP contribution in [-0.2, 0) is 23.0 Å². The van der Waals surface area contributed by atoms with E-state index in [1.807, 2.05) is 19.1 Å². The van der Waals surface area contributed by atoms with E-state index in [2.05, 4.69) is 30.1 Å². The van der Waals surface area contributed by atoms with Crippen molar-refractivity contribution >= 4 is 20.9 Å². The number of sulfonamides is 1. The highest BCUT2D eigenvalue weighted by Crippen LogP contribution is 2.31. The van der Waals surface area contributed by atoms with Crippen LogP contribution >= 0.6 is 0 Å². The molecule has 0 spiro atoms. The van der Waals surface area contributed by atoms with Crippen molar-refractivity contribution in [3.63, 3.8) is 0 Å². The summed E-state index contributed by atoms with van der Waals surface area (Å²) in [7, 11) is -3.46. The minimum atomic E-state index is -3.46. The molecule has 2 aromatic carbocycles. The summed E-state index contributed by atoms with van der Waals surface area (Å²) in [5, 5.41) is 1.12. The van der Waals surface area contributed by atoms with Gasteiger partial charge in [-0.25, -0.2) is 8.42 Å². The summed E-state index contributed by atoms with van der Waals surface area (Å²) in [5.74, 6) is 0. The van der Waals surface area contributed by atoms with Crippen LogP contribution in [0.15, 0.2) is 47.4 Å². The molecule has 4 rings (SSSR count). The zero-order valence-electron chi connectivity index (χ0n) is 13.8. The molecule has 0 fully saturated rings.